The molecule has 0 aliphatic carbocycles. The fourth-order valence-electron chi connectivity index (χ4n) is 2.22. The average Bonchev–Trinajstić information content (AvgIpc) is 2.61. The zero-order valence-corrected chi connectivity index (χ0v) is 14.0. The van der Waals surface area contributed by atoms with Gasteiger partial charge in [0.05, 0.1) is 22.6 Å². The van der Waals surface area contributed by atoms with Crippen LogP contribution in [0.15, 0.2) is 48.5 Å². The second kappa shape index (κ2) is 8.25. The van der Waals surface area contributed by atoms with Crippen LogP contribution in [0.4, 0.5) is 5.69 Å². The predicted molar refractivity (Wildman–Crippen MR) is 91.5 cm³/mol. The Bertz CT molecular complexity index is 795. The fraction of sp³-hybridized carbons (Fsp3) is 0.176. The van der Waals surface area contributed by atoms with E-state index in [1.165, 1.54) is 19.2 Å². The molecule has 2 aromatic rings. The highest BCUT2D eigenvalue weighted by molar-refractivity contribution is 6.34. The van der Waals surface area contributed by atoms with Crippen molar-refractivity contribution in [1.82, 2.24) is 5.32 Å². The summed E-state index contributed by atoms with van der Waals surface area (Å²) < 4.78 is 4.73. The smallest absolute Gasteiger partial charge is 0.328 e. The second-order valence-corrected chi connectivity index (χ2v) is 5.57. The first kappa shape index (κ1) is 18.4. The molecule has 0 heterocycles. The number of esters is 1. The minimum absolute atomic E-state index is 0.0363. The molecule has 1 amide bonds. The molecule has 1 atom stereocenters. The first-order valence-electron chi connectivity index (χ1n) is 7.29. The molecule has 0 aromatic heterocycles. The maximum absolute atomic E-state index is 12.4. The second-order valence-electron chi connectivity index (χ2n) is 5.16. The Hall–Kier alpha value is -2.93. The zero-order chi connectivity index (χ0) is 18.4. The third-order valence-electron chi connectivity index (χ3n) is 3.48. The van der Waals surface area contributed by atoms with E-state index < -0.39 is 22.8 Å². The molecule has 7 nitrogen and oxygen atoms in total. The number of rotatable bonds is 6. The van der Waals surface area contributed by atoms with Crippen LogP contribution < -0.4 is 5.32 Å². The molecule has 130 valence electrons. The van der Waals surface area contributed by atoms with E-state index in [0.29, 0.717) is 0 Å². The van der Waals surface area contributed by atoms with Crippen molar-refractivity contribution in [3.05, 3.63) is 74.8 Å². The van der Waals surface area contributed by atoms with Gasteiger partial charge in [0.1, 0.15) is 6.04 Å². The fourth-order valence-corrected chi connectivity index (χ4v) is 2.48. The van der Waals surface area contributed by atoms with Crippen molar-refractivity contribution in [2.75, 3.05) is 7.11 Å². The van der Waals surface area contributed by atoms with Gasteiger partial charge in [-0.05, 0) is 11.6 Å². The van der Waals surface area contributed by atoms with Gasteiger partial charge in [0, 0.05) is 18.6 Å². The van der Waals surface area contributed by atoms with E-state index in [1.807, 2.05) is 30.3 Å². The molecule has 0 aliphatic heterocycles. The quantitative estimate of drug-likeness (QED) is 0.484. The van der Waals surface area contributed by atoms with E-state index in [9.17, 15) is 19.7 Å². The molecule has 2 rings (SSSR count). The number of methoxy groups -OCH3 is 1. The van der Waals surface area contributed by atoms with E-state index in [1.54, 1.807) is 0 Å². The SMILES string of the molecule is COC(=O)[C@@H](Cc1ccccc1)NC(=O)c1ccc([N+](=O)[O-])cc1Cl. The van der Waals surface area contributed by atoms with Crippen molar-refractivity contribution in [2.24, 2.45) is 0 Å². The van der Waals surface area contributed by atoms with Gasteiger partial charge in [0.25, 0.3) is 11.6 Å². The molecule has 0 radical (unpaired) electrons. The van der Waals surface area contributed by atoms with Crippen molar-refractivity contribution in [3.8, 4) is 0 Å². The van der Waals surface area contributed by atoms with Crippen LogP contribution in [0.1, 0.15) is 15.9 Å². The van der Waals surface area contributed by atoms with Gasteiger partial charge in [-0.1, -0.05) is 41.9 Å². The summed E-state index contributed by atoms with van der Waals surface area (Å²) in [6, 6.07) is 11.7. The highest BCUT2D eigenvalue weighted by Crippen LogP contribution is 2.22. The maximum Gasteiger partial charge on any atom is 0.328 e. The minimum atomic E-state index is -0.911. The summed E-state index contributed by atoms with van der Waals surface area (Å²) in [4.78, 5) is 34.5. The Morgan fingerprint density at radius 3 is 2.48 bits per heavy atom. The molecular weight excluding hydrogens is 348 g/mol. The molecule has 0 spiro atoms. The largest absolute Gasteiger partial charge is 0.467 e. The number of nitro benzene ring substituents is 1. The Labute approximate surface area is 148 Å². The van der Waals surface area contributed by atoms with Gasteiger partial charge in [-0.15, -0.1) is 0 Å². The van der Waals surface area contributed by atoms with Crippen molar-refractivity contribution in [2.45, 2.75) is 12.5 Å². The molecule has 25 heavy (non-hydrogen) atoms. The molecule has 0 fully saturated rings. The lowest BCUT2D eigenvalue weighted by atomic mass is 10.1. The van der Waals surface area contributed by atoms with Crippen molar-refractivity contribution < 1.29 is 19.2 Å². The van der Waals surface area contributed by atoms with Crippen molar-refractivity contribution >= 4 is 29.2 Å². The van der Waals surface area contributed by atoms with Crippen molar-refractivity contribution in [3.63, 3.8) is 0 Å². The van der Waals surface area contributed by atoms with Crippen molar-refractivity contribution in [1.29, 1.82) is 0 Å². The van der Waals surface area contributed by atoms with Gasteiger partial charge in [-0.3, -0.25) is 14.9 Å². The van der Waals surface area contributed by atoms with Crippen LogP contribution in [0.5, 0.6) is 0 Å². The molecule has 8 heteroatoms. The lowest BCUT2D eigenvalue weighted by Gasteiger charge is -2.17. The van der Waals surface area contributed by atoms with Crippen LogP contribution in [-0.2, 0) is 16.0 Å². The molecule has 2 aromatic carbocycles. The monoisotopic (exact) mass is 362 g/mol. The van der Waals surface area contributed by atoms with Gasteiger partial charge in [0.15, 0.2) is 0 Å². The number of carbonyl (C=O) groups excluding carboxylic acids is 2. The van der Waals surface area contributed by atoms with Gasteiger partial charge in [-0.25, -0.2) is 4.79 Å². The van der Waals surface area contributed by atoms with Crippen LogP contribution in [0.3, 0.4) is 0 Å². The summed E-state index contributed by atoms with van der Waals surface area (Å²) in [6.07, 6.45) is 0.240. The summed E-state index contributed by atoms with van der Waals surface area (Å²) in [5.41, 5.74) is 0.651. The normalized spacial score (nSPS) is 11.4. The molecule has 0 bridgehead atoms. The number of nitrogens with zero attached hydrogens (tertiary/aromatic N) is 1. The Kier molecular flexibility index (Phi) is 6.08. The number of carbonyl (C=O) groups is 2. The summed E-state index contributed by atoms with van der Waals surface area (Å²) in [5, 5.41) is 13.2. The van der Waals surface area contributed by atoms with Gasteiger partial charge >= 0.3 is 5.97 Å². The Morgan fingerprint density at radius 2 is 1.92 bits per heavy atom. The lowest BCUT2D eigenvalue weighted by molar-refractivity contribution is -0.384. The standard InChI is InChI=1S/C17H15ClN2O5/c1-25-17(22)15(9-11-5-3-2-4-6-11)19-16(21)13-8-7-12(20(23)24)10-14(13)18/h2-8,10,15H,9H2,1H3,(H,19,21)/t15-/m1/s1. The van der Waals surface area contributed by atoms with E-state index in [0.717, 1.165) is 11.6 Å². The third kappa shape index (κ3) is 4.77. The van der Waals surface area contributed by atoms with E-state index >= 15 is 0 Å². The summed E-state index contributed by atoms with van der Waals surface area (Å²) in [6.45, 7) is 0. The Morgan fingerprint density at radius 1 is 1.24 bits per heavy atom. The topological polar surface area (TPSA) is 98.5 Å². The molecular formula is C17H15ClN2O5. The summed E-state index contributed by atoms with van der Waals surface area (Å²) >= 11 is 5.94. The number of non-ortho nitro benzene ring substituents is 1. The van der Waals surface area contributed by atoms with E-state index in [4.69, 9.17) is 16.3 Å². The first-order chi connectivity index (χ1) is 11.9. The number of hydrogen-bond acceptors (Lipinski definition) is 5. The number of benzene rings is 2. The van der Waals surface area contributed by atoms with Gasteiger partial charge < -0.3 is 10.1 Å². The molecule has 0 unspecified atom stereocenters. The van der Waals surface area contributed by atoms with Crippen LogP contribution in [0.2, 0.25) is 5.02 Å². The van der Waals surface area contributed by atoms with Crippen LogP contribution in [0, 0.1) is 10.1 Å². The first-order valence-corrected chi connectivity index (χ1v) is 7.66. The number of amides is 1. The number of nitrogens with one attached hydrogen (secondary N) is 1. The third-order valence-corrected chi connectivity index (χ3v) is 3.79. The highest BCUT2D eigenvalue weighted by Gasteiger charge is 2.24. The average molecular weight is 363 g/mol. The summed E-state index contributed by atoms with van der Waals surface area (Å²) in [5.74, 6) is -1.22. The van der Waals surface area contributed by atoms with E-state index in [2.05, 4.69) is 5.32 Å². The number of ether oxygens (including phenoxy) is 1. The van der Waals surface area contributed by atoms with Gasteiger partial charge in [-0.2, -0.15) is 0 Å². The molecule has 1 N–H and O–H groups in total. The predicted octanol–water partition coefficient (Wildman–Crippen LogP) is 2.76. The maximum atomic E-state index is 12.4. The molecule has 0 saturated heterocycles. The number of nitro groups is 1. The molecule has 0 saturated carbocycles. The zero-order valence-electron chi connectivity index (χ0n) is 13.3. The number of hydrogen-bond donors (Lipinski definition) is 1. The molecule has 0 aliphatic rings. The van der Waals surface area contributed by atoms with Crippen LogP contribution >= 0.6 is 11.6 Å². The van der Waals surface area contributed by atoms with Crippen LogP contribution in [-0.4, -0.2) is 30.0 Å². The summed E-state index contributed by atoms with van der Waals surface area (Å²) in [7, 11) is 1.23. The van der Waals surface area contributed by atoms with Gasteiger partial charge in [0.2, 0.25) is 0 Å². The van der Waals surface area contributed by atoms with E-state index in [-0.39, 0.29) is 22.7 Å². The van der Waals surface area contributed by atoms with Crippen LogP contribution in [0.25, 0.3) is 0 Å². The Balaban J connectivity index is 2.19. The minimum Gasteiger partial charge on any atom is -0.467 e. The highest BCUT2D eigenvalue weighted by atomic mass is 35.5. The lowest BCUT2D eigenvalue weighted by Crippen LogP contribution is -2.43. The number of halogens is 1.